The third kappa shape index (κ3) is 2.64. The van der Waals surface area contributed by atoms with Crippen LogP contribution >= 0.6 is 11.6 Å². The van der Waals surface area contributed by atoms with Crippen LogP contribution in [0.1, 0.15) is 22.3 Å². The normalized spacial score (nSPS) is 18.8. The standard InChI is InChI=1S/C16H11ClN2O5/c17-10-3-6-13-12(7-10)16(22,15(21)18-13)8-14(20)9-1-4-11(5-2-9)19(23)24/h1-7,22H,8H2,(H,18,21)/t16-/m0/s1. The fourth-order valence-corrected chi connectivity index (χ4v) is 2.77. The summed E-state index contributed by atoms with van der Waals surface area (Å²) in [6.45, 7) is 0. The topological polar surface area (TPSA) is 110 Å². The molecule has 0 bridgehead atoms. The molecule has 1 atom stereocenters. The average Bonchev–Trinajstić information content (AvgIpc) is 2.78. The van der Waals surface area contributed by atoms with Gasteiger partial charge in [-0.05, 0) is 30.3 Å². The zero-order valence-corrected chi connectivity index (χ0v) is 12.9. The highest BCUT2D eigenvalue weighted by Crippen LogP contribution is 2.40. The van der Waals surface area contributed by atoms with E-state index in [0.717, 1.165) is 0 Å². The number of halogens is 1. The van der Waals surface area contributed by atoms with Crippen molar-refractivity contribution in [3.8, 4) is 0 Å². The molecule has 2 aromatic carbocycles. The summed E-state index contributed by atoms with van der Waals surface area (Å²) in [7, 11) is 0. The maximum absolute atomic E-state index is 12.4. The SMILES string of the molecule is O=C(C[C@@]1(O)C(=O)Nc2ccc(Cl)cc21)c1ccc([N+](=O)[O-])cc1. The molecule has 0 spiro atoms. The first kappa shape index (κ1) is 16.1. The van der Waals surface area contributed by atoms with Crippen LogP contribution in [0.4, 0.5) is 11.4 Å². The van der Waals surface area contributed by atoms with Crippen LogP contribution in [0.25, 0.3) is 0 Å². The molecule has 1 amide bonds. The number of rotatable bonds is 4. The van der Waals surface area contributed by atoms with Crippen molar-refractivity contribution in [3.05, 3.63) is 68.7 Å². The molecule has 3 rings (SSSR count). The van der Waals surface area contributed by atoms with Crippen LogP contribution in [-0.4, -0.2) is 21.7 Å². The molecule has 122 valence electrons. The van der Waals surface area contributed by atoms with Gasteiger partial charge in [0.1, 0.15) is 0 Å². The van der Waals surface area contributed by atoms with E-state index in [1.54, 1.807) is 12.1 Å². The first-order valence-corrected chi connectivity index (χ1v) is 7.30. The molecular weight excluding hydrogens is 336 g/mol. The monoisotopic (exact) mass is 346 g/mol. The van der Waals surface area contributed by atoms with Gasteiger partial charge in [0, 0.05) is 34.0 Å². The Kier molecular flexibility index (Phi) is 3.82. The molecule has 0 aliphatic carbocycles. The fourth-order valence-electron chi connectivity index (χ4n) is 2.59. The van der Waals surface area contributed by atoms with Gasteiger partial charge in [-0.1, -0.05) is 11.6 Å². The molecule has 1 aliphatic rings. The molecule has 8 heteroatoms. The summed E-state index contributed by atoms with van der Waals surface area (Å²) in [6, 6.07) is 9.49. The first-order chi connectivity index (χ1) is 11.3. The summed E-state index contributed by atoms with van der Waals surface area (Å²) in [6.07, 6.45) is -0.496. The summed E-state index contributed by atoms with van der Waals surface area (Å²) < 4.78 is 0. The highest BCUT2D eigenvalue weighted by atomic mass is 35.5. The second-order valence-electron chi connectivity index (χ2n) is 5.41. The highest BCUT2D eigenvalue weighted by molar-refractivity contribution is 6.31. The number of nitrogens with zero attached hydrogens (tertiary/aromatic N) is 1. The van der Waals surface area contributed by atoms with Gasteiger partial charge in [-0.25, -0.2) is 0 Å². The lowest BCUT2D eigenvalue weighted by Gasteiger charge is -2.20. The maximum atomic E-state index is 12.4. The van der Waals surface area contributed by atoms with E-state index in [1.807, 2.05) is 0 Å². The quantitative estimate of drug-likeness (QED) is 0.502. The van der Waals surface area contributed by atoms with E-state index < -0.39 is 28.6 Å². The van der Waals surface area contributed by atoms with Gasteiger partial charge < -0.3 is 10.4 Å². The van der Waals surface area contributed by atoms with Crippen molar-refractivity contribution < 1.29 is 19.6 Å². The number of carbonyl (C=O) groups is 2. The fraction of sp³-hybridized carbons (Fsp3) is 0.125. The van der Waals surface area contributed by atoms with E-state index in [0.29, 0.717) is 10.7 Å². The lowest BCUT2D eigenvalue weighted by molar-refractivity contribution is -0.384. The summed E-state index contributed by atoms with van der Waals surface area (Å²) >= 11 is 5.90. The number of fused-ring (bicyclic) bond motifs is 1. The largest absolute Gasteiger partial charge is 0.375 e. The second kappa shape index (κ2) is 5.70. The van der Waals surface area contributed by atoms with E-state index in [1.165, 1.54) is 30.3 Å². The minimum Gasteiger partial charge on any atom is -0.375 e. The predicted molar refractivity (Wildman–Crippen MR) is 86.0 cm³/mol. The summed E-state index contributed by atoms with van der Waals surface area (Å²) in [5.41, 5.74) is -1.39. The van der Waals surface area contributed by atoms with Gasteiger partial charge in [-0.3, -0.25) is 19.7 Å². The second-order valence-corrected chi connectivity index (χ2v) is 5.84. The number of nitro groups is 1. The molecule has 0 saturated heterocycles. The molecule has 1 aliphatic heterocycles. The zero-order valence-electron chi connectivity index (χ0n) is 12.2. The smallest absolute Gasteiger partial charge is 0.269 e. The Balaban J connectivity index is 1.90. The molecule has 0 aromatic heterocycles. The minimum absolute atomic E-state index is 0.152. The Morgan fingerprint density at radius 3 is 2.54 bits per heavy atom. The van der Waals surface area contributed by atoms with E-state index in [-0.39, 0.29) is 16.8 Å². The Bertz CT molecular complexity index is 865. The van der Waals surface area contributed by atoms with Crippen LogP contribution in [0, 0.1) is 10.1 Å². The van der Waals surface area contributed by atoms with Crippen molar-refractivity contribution in [2.45, 2.75) is 12.0 Å². The molecule has 7 nitrogen and oxygen atoms in total. The number of nitrogens with one attached hydrogen (secondary N) is 1. The van der Waals surface area contributed by atoms with E-state index >= 15 is 0 Å². The van der Waals surface area contributed by atoms with Crippen molar-refractivity contribution in [1.29, 1.82) is 0 Å². The Labute approximate surface area is 141 Å². The van der Waals surface area contributed by atoms with Crippen LogP contribution in [-0.2, 0) is 10.4 Å². The number of carbonyl (C=O) groups excluding carboxylic acids is 2. The average molecular weight is 347 g/mol. The number of amides is 1. The number of ketones is 1. The Morgan fingerprint density at radius 2 is 1.92 bits per heavy atom. The number of hydrogen-bond acceptors (Lipinski definition) is 5. The third-order valence-corrected chi connectivity index (χ3v) is 4.10. The molecule has 24 heavy (non-hydrogen) atoms. The lowest BCUT2D eigenvalue weighted by Crippen LogP contribution is -2.36. The molecule has 0 fully saturated rings. The predicted octanol–water partition coefficient (Wildman–Crippen LogP) is 2.66. The van der Waals surface area contributed by atoms with Gasteiger partial charge >= 0.3 is 0 Å². The number of anilines is 1. The molecular formula is C16H11ClN2O5. The number of nitro benzene ring substituents is 1. The molecule has 2 N–H and O–H groups in total. The van der Waals surface area contributed by atoms with Crippen molar-refractivity contribution in [3.63, 3.8) is 0 Å². The van der Waals surface area contributed by atoms with E-state index in [9.17, 15) is 24.8 Å². The number of hydrogen-bond donors (Lipinski definition) is 2. The van der Waals surface area contributed by atoms with Gasteiger partial charge in [0.05, 0.1) is 11.3 Å². The summed E-state index contributed by atoms with van der Waals surface area (Å²) in [5.74, 6) is -1.23. The van der Waals surface area contributed by atoms with Gasteiger partial charge in [0.25, 0.3) is 11.6 Å². The molecule has 0 unspecified atom stereocenters. The van der Waals surface area contributed by atoms with Gasteiger partial charge in [-0.2, -0.15) is 0 Å². The van der Waals surface area contributed by atoms with E-state index in [4.69, 9.17) is 11.6 Å². The zero-order chi connectivity index (χ0) is 17.5. The van der Waals surface area contributed by atoms with Crippen molar-refractivity contribution in [2.75, 3.05) is 5.32 Å². The van der Waals surface area contributed by atoms with Crippen LogP contribution in [0.5, 0.6) is 0 Å². The van der Waals surface area contributed by atoms with Crippen molar-refractivity contribution in [2.24, 2.45) is 0 Å². The molecule has 2 aromatic rings. The Morgan fingerprint density at radius 1 is 1.25 bits per heavy atom. The summed E-state index contributed by atoms with van der Waals surface area (Å²) in [5, 5.41) is 24.2. The first-order valence-electron chi connectivity index (χ1n) is 6.93. The van der Waals surface area contributed by atoms with Crippen LogP contribution in [0.3, 0.4) is 0 Å². The van der Waals surface area contributed by atoms with Crippen LogP contribution in [0.2, 0.25) is 5.02 Å². The van der Waals surface area contributed by atoms with Crippen LogP contribution < -0.4 is 5.32 Å². The van der Waals surface area contributed by atoms with Gasteiger partial charge in [0.15, 0.2) is 11.4 Å². The lowest BCUT2D eigenvalue weighted by atomic mass is 9.88. The maximum Gasteiger partial charge on any atom is 0.269 e. The van der Waals surface area contributed by atoms with Crippen molar-refractivity contribution >= 4 is 34.7 Å². The molecule has 0 saturated carbocycles. The number of benzene rings is 2. The molecule has 1 heterocycles. The Hall–Kier alpha value is -2.77. The highest BCUT2D eigenvalue weighted by Gasteiger charge is 2.46. The van der Waals surface area contributed by atoms with E-state index in [2.05, 4.69) is 5.32 Å². The number of aliphatic hydroxyl groups is 1. The number of non-ortho nitro benzene ring substituents is 1. The van der Waals surface area contributed by atoms with Crippen LogP contribution in [0.15, 0.2) is 42.5 Å². The third-order valence-electron chi connectivity index (χ3n) is 3.87. The van der Waals surface area contributed by atoms with Gasteiger partial charge in [-0.15, -0.1) is 0 Å². The van der Waals surface area contributed by atoms with Crippen molar-refractivity contribution in [1.82, 2.24) is 0 Å². The number of Topliss-reactive ketones (excluding diaryl/α,β-unsaturated/α-hetero) is 1. The molecule has 0 radical (unpaired) electrons. The van der Waals surface area contributed by atoms with Gasteiger partial charge in [0.2, 0.25) is 0 Å². The summed E-state index contributed by atoms with van der Waals surface area (Å²) in [4.78, 5) is 34.6. The minimum atomic E-state index is -2.03.